The summed E-state index contributed by atoms with van der Waals surface area (Å²) in [7, 11) is -3.86. The second kappa shape index (κ2) is 8.94. The van der Waals surface area contributed by atoms with E-state index < -0.39 is 10.0 Å². The number of benzene rings is 3. The molecule has 3 rings (SSSR count). The molecule has 0 fully saturated rings. The van der Waals surface area contributed by atoms with Crippen LogP contribution in [0, 0.1) is 27.7 Å². The molecule has 2 N–H and O–H groups in total. The monoisotopic (exact) mass is 436 g/mol. The van der Waals surface area contributed by atoms with Crippen molar-refractivity contribution in [3.05, 3.63) is 88.0 Å². The maximum absolute atomic E-state index is 13.1. The third kappa shape index (κ3) is 5.14. The highest BCUT2D eigenvalue weighted by Crippen LogP contribution is 2.25. The summed E-state index contributed by atoms with van der Waals surface area (Å²) in [5, 5.41) is 2.95. The molecule has 0 aromatic heterocycles. The smallest absolute Gasteiger partial charge is 0.262 e. The van der Waals surface area contributed by atoms with Gasteiger partial charge in [-0.15, -0.1) is 0 Å². The predicted octanol–water partition coefficient (Wildman–Crippen LogP) is 5.54. The summed E-state index contributed by atoms with van der Waals surface area (Å²) in [5.74, 6) is -0.341. The zero-order valence-electron chi connectivity index (χ0n) is 18.5. The van der Waals surface area contributed by atoms with E-state index in [4.69, 9.17) is 0 Å². The van der Waals surface area contributed by atoms with Crippen LogP contribution >= 0.6 is 0 Å². The molecule has 0 saturated carbocycles. The Morgan fingerprint density at radius 2 is 1.55 bits per heavy atom. The number of rotatable bonds is 6. The standard InChI is InChI=1S/C25H28N2O3S/c1-6-20-9-7-8-19(5)24(20)26-25(28)21-11-10-18(4)23(15-21)31(29,30)27-22-13-16(2)12-17(3)14-22/h7-15,27H,6H2,1-5H3,(H,26,28). The van der Waals surface area contributed by atoms with E-state index in [0.29, 0.717) is 11.3 Å². The molecule has 1 amide bonds. The van der Waals surface area contributed by atoms with Crippen LogP contribution in [0.2, 0.25) is 0 Å². The maximum atomic E-state index is 13.1. The molecule has 3 aromatic rings. The van der Waals surface area contributed by atoms with Crippen LogP contribution in [0.25, 0.3) is 0 Å². The van der Waals surface area contributed by atoms with Gasteiger partial charge >= 0.3 is 0 Å². The van der Waals surface area contributed by atoms with Crippen molar-refractivity contribution in [2.24, 2.45) is 0 Å². The van der Waals surface area contributed by atoms with Gasteiger partial charge in [-0.25, -0.2) is 8.42 Å². The summed E-state index contributed by atoms with van der Waals surface area (Å²) >= 11 is 0. The van der Waals surface area contributed by atoms with Gasteiger partial charge in [-0.2, -0.15) is 0 Å². The van der Waals surface area contributed by atoms with Gasteiger partial charge in [-0.05, 0) is 86.2 Å². The van der Waals surface area contributed by atoms with Crippen molar-refractivity contribution in [1.29, 1.82) is 0 Å². The van der Waals surface area contributed by atoms with E-state index >= 15 is 0 Å². The zero-order valence-corrected chi connectivity index (χ0v) is 19.4. The average Bonchev–Trinajstić information content (AvgIpc) is 2.68. The molecule has 0 bridgehead atoms. The Hall–Kier alpha value is -3.12. The molecule has 0 unspecified atom stereocenters. The molecule has 0 heterocycles. The van der Waals surface area contributed by atoms with E-state index in [1.807, 2.05) is 52.0 Å². The van der Waals surface area contributed by atoms with Crippen LogP contribution in [0.4, 0.5) is 11.4 Å². The van der Waals surface area contributed by atoms with E-state index in [9.17, 15) is 13.2 Å². The summed E-state index contributed by atoms with van der Waals surface area (Å²) in [5.41, 5.74) is 6.05. The average molecular weight is 437 g/mol. The molecule has 0 atom stereocenters. The fraction of sp³-hybridized carbons (Fsp3) is 0.240. The van der Waals surface area contributed by atoms with Gasteiger partial charge < -0.3 is 5.32 Å². The van der Waals surface area contributed by atoms with Crippen molar-refractivity contribution in [1.82, 2.24) is 0 Å². The Labute approximate surface area is 184 Å². The first-order chi connectivity index (χ1) is 14.6. The molecular weight excluding hydrogens is 408 g/mol. The van der Waals surface area contributed by atoms with Gasteiger partial charge in [-0.3, -0.25) is 9.52 Å². The second-order valence-corrected chi connectivity index (χ2v) is 9.53. The van der Waals surface area contributed by atoms with Crippen LogP contribution in [-0.4, -0.2) is 14.3 Å². The second-order valence-electron chi connectivity index (χ2n) is 7.88. The van der Waals surface area contributed by atoms with Gasteiger partial charge in [0.25, 0.3) is 15.9 Å². The number of anilines is 2. The molecule has 0 spiro atoms. The molecule has 3 aromatic carbocycles. The molecule has 0 aliphatic heterocycles. The third-order valence-electron chi connectivity index (χ3n) is 5.19. The SMILES string of the molecule is CCc1cccc(C)c1NC(=O)c1ccc(C)c(S(=O)(=O)Nc2cc(C)cc(C)c2)c1. The summed E-state index contributed by atoms with van der Waals surface area (Å²) in [6, 6.07) is 16.1. The fourth-order valence-electron chi connectivity index (χ4n) is 3.66. The van der Waals surface area contributed by atoms with Crippen molar-refractivity contribution >= 4 is 27.3 Å². The van der Waals surface area contributed by atoms with Crippen molar-refractivity contribution in [2.75, 3.05) is 10.0 Å². The first kappa shape index (κ1) is 22.6. The number of hydrogen-bond donors (Lipinski definition) is 2. The van der Waals surface area contributed by atoms with Crippen molar-refractivity contribution < 1.29 is 13.2 Å². The first-order valence-corrected chi connectivity index (χ1v) is 11.7. The van der Waals surface area contributed by atoms with Crippen LogP contribution in [0.1, 0.15) is 45.1 Å². The Bertz CT molecular complexity index is 1230. The lowest BCUT2D eigenvalue weighted by atomic mass is 10.1. The Kier molecular flexibility index (Phi) is 6.51. The number of hydrogen-bond acceptors (Lipinski definition) is 3. The zero-order chi connectivity index (χ0) is 22.8. The minimum atomic E-state index is -3.86. The van der Waals surface area contributed by atoms with E-state index in [1.165, 1.54) is 6.07 Å². The first-order valence-electron chi connectivity index (χ1n) is 10.2. The minimum Gasteiger partial charge on any atom is -0.321 e. The molecular formula is C25H28N2O3S. The number of amides is 1. The highest BCUT2D eigenvalue weighted by molar-refractivity contribution is 7.92. The van der Waals surface area contributed by atoms with Gasteiger partial charge in [0.2, 0.25) is 0 Å². The van der Waals surface area contributed by atoms with Crippen LogP contribution in [-0.2, 0) is 16.4 Å². The summed E-state index contributed by atoms with van der Waals surface area (Å²) < 4.78 is 28.8. The van der Waals surface area contributed by atoms with Crippen LogP contribution in [0.5, 0.6) is 0 Å². The highest BCUT2D eigenvalue weighted by atomic mass is 32.2. The van der Waals surface area contributed by atoms with Crippen molar-refractivity contribution in [3.8, 4) is 0 Å². The van der Waals surface area contributed by atoms with E-state index in [0.717, 1.165) is 34.4 Å². The molecule has 0 saturated heterocycles. The minimum absolute atomic E-state index is 0.0832. The maximum Gasteiger partial charge on any atom is 0.262 e. The molecule has 31 heavy (non-hydrogen) atoms. The van der Waals surface area contributed by atoms with E-state index in [2.05, 4.69) is 10.0 Å². The lowest BCUT2D eigenvalue weighted by Crippen LogP contribution is -2.18. The molecule has 0 aliphatic rings. The van der Waals surface area contributed by atoms with Crippen molar-refractivity contribution in [2.45, 2.75) is 45.9 Å². The third-order valence-corrected chi connectivity index (χ3v) is 6.72. The van der Waals surface area contributed by atoms with Gasteiger partial charge in [-0.1, -0.05) is 37.3 Å². The largest absolute Gasteiger partial charge is 0.321 e. The molecule has 5 nitrogen and oxygen atoms in total. The highest BCUT2D eigenvalue weighted by Gasteiger charge is 2.20. The number of carbonyl (C=O) groups excluding carboxylic acids is 1. The number of sulfonamides is 1. The number of para-hydroxylation sites is 1. The van der Waals surface area contributed by atoms with E-state index in [1.54, 1.807) is 31.2 Å². The fourth-order valence-corrected chi connectivity index (χ4v) is 4.97. The van der Waals surface area contributed by atoms with Gasteiger partial charge in [0.1, 0.15) is 0 Å². The van der Waals surface area contributed by atoms with Crippen molar-refractivity contribution in [3.63, 3.8) is 0 Å². The van der Waals surface area contributed by atoms with Gasteiger partial charge in [0, 0.05) is 16.9 Å². The Morgan fingerprint density at radius 3 is 2.19 bits per heavy atom. The van der Waals surface area contributed by atoms with Gasteiger partial charge in [0.15, 0.2) is 0 Å². The quantitative estimate of drug-likeness (QED) is 0.533. The summed E-state index contributed by atoms with van der Waals surface area (Å²) in [6.07, 6.45) is 0.782. The Balaban J connectivity index is 1.93. The predicted molar refractivity (Wildman–Crippen MR) is 126 cm³/mol. The molecule has 162 valence electrons. The normalized spacial score (nSPS) is 11.3. The van der Waals surface area contributed by atoms with Crippen LogP contribution in [0.15, 0.2) is 59.5 Å². The lowest BCUT2D eigenvalue weighted by molar-refractivity contribution is 0.102. The molecule has 6 heteroatoms. The number of carbonyl (C=O) groups is 1. The summed E-state index contributed by atoms with van der Waals surface area (Å²) in [4.78, 5) is 13.0. The number of aryl methyl sites for hydroxylation is 5. The molecule has 0 radical (unpaired) electrons. The Morgan fingerprint density at radius 1 is 0.871 bits per heavy atom. The van der Waals surface area contributed by atoms with Crippen LogP contribution in [0.3, 0.4) is 0 Å². The lowest BCUT2D eigenvalue weighted by Gasteiger charge is -2.15. The van der Waals surface area contributed by atoms with Gasteiger partial charge in [0.05, 0.1) is 4.90 Å². The van der Waals surface area contributed by atoms with E-state index in [-0.39, 0.29) is 16.4 Å². The topological polar surface area (TPSA) is 75.3 Å². The number of nitrogens with one attached hydrogen (secondary N) is 2. The summed E-state index contributed by atoms with van der Waals surface area (Å²) in [6.45, 7) is 9.51. The van der Waals surface area contributed by atoms with Crippen LogP contribution < -0.4 is 10.0 Å². The molecule has 0 aliphatic carbocycles.